The third-order valence-corrected chi connectivity index (χ3v) is 2.16. The highest BCUT2D eigenvalue weighted by atomic mass is 35.5. The van der Waals surface area contributed by atoms with E-state index in [0.717, 1.165) is 5.69 Å². The minimum atomic E-state index is 0.423. The topological polar surface area (TPSA) is 61.6 Å². The smallest absolute Gasteiger partial charge is 0.171 e. The van der Waals surface area contributed by atoms with Crippen LogP contribution in [-0.2, 0) is 0 Å². The minimum absolute atomic E-state index is 0.423. The molecule has 1 aromatic carbocycles. The van der Waals surface area contributed by atoms with E-state index in [9.17, 15) is 0 Å². The Morgan fingerprint density at radius 3 is 2.94 bits per heavy atom. The molecule has 0 fully saturated rings. The normalized spacial score (nSPS) is 9.50. The number of halogens is 1. The SMILES string of the molecule is N#Cc1ccnnc1Nc1cccc(Cl)c1. The number of rotatable bonds is 2. The van der Waals surface area contributed by atoms with Crippen molar-refractivity contribution in [3.63, 3.8) is 0 Å². The van der Waals surface area contributed by atoms with E-state index in [1.165, 1.54) is 6.20 Å². The summed E-state index contributed by atoms with van der Waals surface area (Å²) >= 11 is 5.84. The first-order chi connectivity index (χ1) is 7.79. The van der Waals surface area contributed by atoms with Gasteiger partial charge in [-0.25, -0.2) is 0 Å². The van der Waals surface area contributed by atoms with E-state index in [2.05, 4.69) is 15.5 Å². The molecule has 2 aromatic rings. The molecule has 2 rings (SSSR count). The molecule has 0 unspecified atom stereocenters. The summed E-state index contributed by atoms with van der Waals surface area (Å²) in [6.45, 7) is 0. The van der Waals surface area contributed by atoms with Gasteiger partial charge < -0.3 is 5.32 Å². The van der Waals surface area contributed by atoms with Gasteiger partial charge in [0.25, 0.3) is 0 Å². The Morgan fingerprint density at radius 1 is 1.31 bits per heavy atom. The Bertz CT molecular complexity index is 548. The molecule has 0 radical (unpaired) electrons. The van der Waals surface area contributed by atoms with Crippen LogP contribution in [0, 0.1) is 11.3 Å². The van der Waals surface area contributed by atoms with E-state index in [1.807, 2.05) is 18.2 Å². The van der Waals surface area contributed by atoms with Crippen molar-refractivity contribution in [3.8, 4) is 6.07 Å². The van der Waals surface area contributed by atoms with Crippen molar-refractivity contribution in [3.05, 3.63) is 47.1 Å². The van der Waals surface area contributed by atoms with Crippen molar-refractivity contribution < 1.29 is 0 Å². The molecule has 1 aromatic heterocycles. The molecule has 16 heavy (non-hydrogen) atoms. The molecule has 4 nitrogen and oxygen atoms in total. The maximum Gasteiger partial charge on any atom is 0.171 e. The second-order valence-electron chi connectivity index (χ2n) is 3.04. The Balaban J connectivity index is 2.31. The molecule has 78 valence electrons. The predicted octanol–water partition coefficient (Wildman–Crippen LogP) is 2.75. The van der Waals surface area contributed by atoms with Crippen molar-refractivity contribution in [1.82, 2.24) is 10.2 Å². The minimum Gasteiger partial charge on any atom is -0.338 e. The molecule has 0 spiro atoms. The second kappa shape index (κ2) is 4.60. The highest BCUT2D eigenvalue weighted by Crippen LogP contribution is 2.20. The van der Waals surface area contributed by atoms with Crippen LogP contribution in [-0.4, -0.2) is 10.2 Å². The van der Waals surface area contributed by atoms with Gasteiger partial charge in [0, 0.05) is 10.7 Å². The van der Waals surface area contributed by atoms with Crippen LogP contribution in [0.25, 0.3) is 0 Å². The van der Waals surface area contributed by atoms with E-state index in [1.54, 1.807) is 18.2 Å². The van der Waals surface area contributed by atoms with E-state index >= 15 is 0 Å². The van der Waals surface area contributed by atoms with E-state index in [0.29, 0.717) is 16.4 Å². The van der Waals surface area contributed by atoms with Crippen LogP contribution >= 0.6 is 11.6 Å². The molecular formula is C11H7ClN4. The van der Waals surface area contributed by atoms with Gasteiger partial charge in [-0.2, -0.15) is 10.4 Å². The highest BCUT2D eigenvalue weighted by Gasteiger charge is 2.03. The molecule has 1 N–H and O–H groups in total. The fourth-order valence-electron chi connectivity index (χ4n) is 1.22. The molecule has 5 heteroatoms. The average molecular weight is 231 g/mol. The molecule has 0 aliphatic heterocycles. The van der Waals surface area contributed by atoms with E-state index in [-0.39, 0.29) is 0 Å². The van der Waals surface area contributed by atoms with Gasteiger partial charge in [0.1, 0.15) is 6.07 Å². The maximum absolute atomic E-state index is 8.87. The molecular weight excluding hydrogens is 224 g/mol. The lowest BCUT2D eigenvalue weighted by atomic mass is 10.3. The summed E-state index contributed by atoms with van der Waals surface area (Å²) in [4.78, 5) is 0. The summed E-state index contributed by atoms with van der Waals surface area (Å²) < 4.78 is 0. The first-order valence-electron chi connectivity index (χ1n) is 4.54. The number of benzene rings is 1. The van der Waals surface area contributed by atoms with Crippen LogP contribution in [0.3, 0.4) is 0 Å². The van der Waals surface area contributed by atoms with Gasteiger partial charge >= 0.3 is 0 Å². The molecule has 0 aliphatic rings. The van der Waals surface area contributed by atoms with Crippen molar-refractivity contribution in [2.75, 3.05) is 5.32 Å². The number of hydrogen-bond donors (Lipinski definition) is 1. The fraction of sp³-hybridized carbons (Fsp3) is 0. The van der Waals surface area contributed by atoms with Crippen molar-refractivity contribution >= 4 is 23.1 Å². The molecule has 0 bridgehead atoms. The predicted molar refractivity (Wildman–Crippen MR) is 61.5 cm³/mol. The third-order valence-electron chi connectivity index (χ3n) is 1.93. The Labute approximate surface area is 97.5 Å². The van der Waals surface area contributed by atoms with Gasteiger partial charge in [-0.3, -0.25) is 0 Å². The van der Waals surface area contributed by atoms with Gasteiger partial charge in [-0.05, 0) is 24.3 Å². The molecule has 0 amide bonds. The Kier molecular flexibility index (Phi) is 2.99. The van der Waals surface area contributed by atoms with Gasteiger partial charge in [-0.15, -0.1) is 5.10 Å². The summed E-state index contributed by atoms with van der Waals surface area (Å²) in [5.41, 5.74) is 1.21. The van der Waals surface area contributed by atoms with Gasteiger partial charge in [0.15, 0.2) is 5.82 Å². The zero-order valence-corrected chi connectivity index (χ0v) is 8.94. The zero-order chi connectivity index (χ0) is 11.4. The molecule has 0 saturated heterocycles. The molecule has 0 saturated carbocycles. The summed E-state index contributed by atoms with van der Waals surface area (Å²) in [6, 6.07) is 10.8. The molecule has 0 atom stereocenters. The molecule has 0 aliphatic carbocycles. The van der Waals surface area contributed by atoms with Gasteiger partial charge in [0.05, 0.1) is 11.8 Å². The van der Waals surface area contributed by atoms with Crippen molar-refractivity contribution in [2.24, 2.45) is 0 Å². The van der Waals surface area contributed by atoms with Crippen LogP contribution in [0.5, 0.6) is 0 Å². The summed E-state index contributed by atoms with van der Waals surface area (Å²) in [7, 11) is 0. The quantitative estimate of drug-likeness (QED) is 0.862. The number of aromatic nitrogens is 2. The lowest BCUT2D eigenvalue weighted by Crippen LogP contribution is -1.97. The standard InChI is InChI=1S/C11H7ClN4/c12-9-2-1-3-10(6-9)15-11-8(7-13)4-5-14-16-11/h1-6H,(H,15,16). The van der Waals surface area contributed by atoms with Crippen LogP contribution in [0.15, 0.2) is 36.5 Å². The fourth-order valence-corrected chi connectivity index (χ4v) is 1.41. The van der Waals surface area contributed by atoms with Crippen LogP contribution in [0.2, 0.25) is 5.02 Å². The number of anilines is 2. The van der Waals surface area contributed by atoms with Crippen molar-refractivity contribution in [1.29, 1.82) is 5.26 Å². The van der Waals surface area contributed by atoms with Crippen LogP contribution in [0.4, 0.5) is 11.5 Å². The van der Waals surface area contributed by atoms with Gasteiger partial charge in [0.2, 0.25) is 0 Å². The summed E-state index contributed by atoms with van der Waals surface area (Å²) in [5, 5.41) is 20.0. The van der Waals surface area contributed by atoms with E-state index in [4.69, 9.17) is 16.9 Å². The lowest BCUT2D eigenvalue weighted by molar-refractivity contribution is 1.03. The Hall–Kier alpha value is -2.12. The number of hydrogen-bond acceptors (Lipinski definition) is 4. The Morgan fingerprint density at radius 2 is 2.19 bits per heavy atom. The average Bonchev–Trinajstić information content (AvgIpc) is 2.30. The third kappa shape index (κ3) is 2.27. The number of nitriles is 1. The summed E-state index contributed by atoms with van der Waals surface area (Å²) in [5.74, 6) is 0.423. The second-order valence-corrected chi connectivity index (χ2v) is 3.48. The number of nitrogens with one attached hydrogen (secondary N) is 1. The van der Waals surface area contributed by atoms with Gasteiger partial charge in [-0.1, -0.05) is 17.7 Å². The largest absolute Gasteiger partial charge is 0.338 e. The first kappa shape index (κ1) is 10.4. The van der Waals surface area contributed by atoms with E-state index < -0.39 is 0 Å². The van der Waals surface area contributed by atoms with Crippen molar-refractivity contribution in [2.45, 2.75) is 0 Å². The zero-order valence-electron chi connectivity index (χ0n) is 8.18. The molecule has 1 heterocycles. The lowest BCUT2D eigenvalue weighted by Gasteiger charge is -2.05. The maximum atomic E-state index is 8.87. The monoisotopic (exact) mass is 230 g/mol. The number of nitrogens with zero attached hydrogens (tertiary/aromatic N) is 3. The first-order valence-corrected chi connectivity index (χ1v) is 4.92. The van der Waals surface area contributed by atoms with Crippen LogP contribution < -0.4 is 5.32 Å². The van der Waals surface area contributed by atoms with Crippen LogP contribution in [0.1, 0.15) is 5.56 Å². The highest BCUT2D eigenvalue weighted by molar-refractivity contribution is 6.30. The summed E-state index contributed by atoms with van der Waals surface area (Å²) in [6.07, 6.45) is 1.47.